The Morgan fingerprint density at radius 1 is 1.46 bits per heavy atom. The van der Waals surface area contributed by atoms with E-state index in [1.165, 1.54) is 0 Å². The highest BCUT2D eigenvalue weighted by Gasteiger charge is 2.12. The lowest BCUT2D eigenvalue weighted by Gasteiger charge is -2.02. The normalized spacial score (nSPS) is 9.31. The summed E-state index contributed by atoms with van der Waals surface area (Å²) in [7, 11) is 0. The summed E-state index contributed by atoms with van der Waals surface area (Å²) in [5.74, 6) is -0.615. The van der Waals surface area contributed by atoms with Crippen LogP contribution >= 0.6 is 31.9 Å². The first kappa shape index (κ1) is 10.2. The van der Waals surface area contributed by atoms with Crippen LogP contribution in [0, 0.1) is 11.3 Å². The third-order valence-corrected chi connectivity index (χ3v) is 2.51. The summed E-state index contributed by atoms with van der Waals surface area (Å²) in [4.78, 5) is 10.9. The Kier molecular flexibility index (Phi) is 3.07. The lowest BCUT2D eigenvalue weighted by atomic mass is 10.1. The molecule has 0 bridgehead atoms. The summed E-state index contributed by atoms with van der Waals surface area (Å²) in [5, 5.41) is 8.72. The summed E-state index contributed by atoms with van der Waals surface area (Å²) in [6, 6.07) is 5.11. The summed E-state index contributed by atoms with van der Waals surface area (Å²) in [6.45, 7) is 0. The summed E-state index contributed by atoms with van der Waals surface area (Å²) in [6.07, 6.45) is 0. The second kappa shape index (κ2) is 3.90. The molecule has 0 unspecified atom stereocenters. The van der Waals surface area contributed by atoms with E-state index in [0.717, 1.165) is 4.47 Å². The second-order valence-corrected chi connectivity index (χ2v) is 4.06. The topological polar surface area (TPSA) is 66.9 Å². The number of benzene rings is 1. The van der Waals surface area contributed by atoms with Crippen LogP contribution in [0.2, 0.25) is 0 Å². The highest BCUT2D eigenvalue weighted by atomic mass is 79.9. The third-order valence-electron chi connectivity index (χ3n) is 1.42. The van der Waals surface area contributed by atoms with Crippen molar-refractivity contribution in [2.75, 3.05) is 0 Å². The molecule has 13 heavy (non-hydrogen) atoms. The van der Waals surface area contributed by atoms with Gasteiger partial charge in [-0.05, 0) is 28.1 Å². The van der Waals surface area contributed by atoms with Gasteiger partial charge < -0.3 is 5.73 Å². The maximum atomic E-state index is 10.9. The molecule has 1 rings (SSSR count). The average Bonchev–Trinajstić information content (AvgIpc) is 2.01. The Hall–Kier alpha value is -0.860. The average molecular weight is 304 g/mol. The Morgan fingerprint density at radius 2 is 2.08 bits per heavy atom. The highest BCUT2D eigenvalue weighted by Crippen LogP contribution is 2.25. The molecule has 1 amide bonds. The molecule has 0 radical (unpaired) electrons. The van der Waals surface area contributed by atoms with Crippen molar-refractivity contribution >= 4 is 37.8 Å². The van der Waals surface area contributed by atoms with E-state index in [0.29, 0.717) is 4.47 Å². The number of primary amides is 1. The fraction of sp³-hybridized carbons (Fsp3) is 0. The van der Waals surface area contributed by atoms with Crippen molar-refractivity contribution in [3.8, 4) is 6.07 Å². The van der Waals surface area contributed by atoms with E-state index < -0.39 is 5.91 Å². The number of nitriles is 1. The van der Waals surface area contributed by atoms with Crippen LogP contribution < -0.4 is 5.73 Å². The molecule has 1 aromatic rings. The second-order valence-electron chi connectivity index (χ2n) is 2.29. The molecule has 3 nitrogen and oxygen atoms in total. The van der Waals surface area contributed by atoms with Crippen LogP contribution in [-0.2, 0) is 0 Å². The highest BCUT2D eigenvalue weighted by molar-refractivity contribution is 9.11. The van der Waals surface area contributed by atoms with Gasteiger partial charge in [0.05, 0.1) is 11.1 Å². The fourth-order valence-corrected chi connectivity index (χ4v) is 2.33. The number of carbonyl (C=O) groups is 1. The Bertz CT molecular complexity index is 409. The molecule has 0 aliphatic rings. The van der Waals surface area contributed by atoms with Crippen LogP contribution in [0.25, 0.3) is 0 Å². The molecule has 0 aliphatic carbocycles. The van der Waals surface area contributed by atoms with Gasteiger partial charge in [0.25, 0.3) is 5.91 Å². The minimum Gasteiger partial charge on any atom is -0.366 e. The Morgan fingerprint density at radius 3 is 2.54 bits per heavy atom. The zero-order valence-electron chi connectivity index (χ0n) is 6.34. The summed E-state index contributed by atoms with van der Waals surface area (Å²) in [5.41, 5.74) is 5.58. The molecule has 0 saturated carbocycles. The van der Waals surface area contributed by atoms with E-state index in [1.807, 2.05) is 6.07 Å². The van der Waals surface area contributed by atoms with Crippen molar-refractivity contribution < 1.29 is 4.79 Å². The van der Waals surface area contributed by atoms with Crippen LogP contribution in [0.1, 0.15) is 15.9 Å². The molecular weight excluding hydrogens is 300 g/mol. The van der Waals surface area contributed by atoms with Crippen LogP contribution in [0.5, 0.6) is 0 Å². The number of nitrogens with two attached hydrogens (primary N) is 1. The van der Waals surface area contributed by atoms with Gasteiger partial charge in [-0.2, -0.15) is 5.26 Å². The predicted octanol–water partition coefficient (Wildman–Crippen LogP) is 2.18. The van der Waals surface area contributed by atoms with Crippen molar-refractivity contribution in [3.05, 3.63) is 32.2 Å². The van der Waals surface area contributed by atoms with Crippen LogP contribution in [-0.4, -0.2) is 5.91 Å². The van der Waals surface area contributed by atoms with Crippen molar-refractivity contribution in [3.63, 3.8) is 0 Å². The third kappa shape index (κ3) is 2.08. The van der Waals surface area contributed by atoms with E-state index in [1.54, 1.807) is 12.1 Å². The Balaban J connectivity index is 3.50. The van der Waals surface area contributed by atoms with E-state index >= 15 is 0 Å². The molecule has 0 aromatic heterocycles. The SMILES string of the molecule is N#Cc1cc(Br)cc(Br)c1C(N)=O. The first-order valence-electron chi connectivity index (χ1n) is 3.25. The van der Waals surface area contributed by atoms with Gasteiger partial charge in [0, 0.05) is 8.95 Å². The molecule has 0 aliphatic heterocycles. The van der Waals surface area contributed by atoms with Crippen molar-refractivity contribution in [1.29, 1.82) is 5.26 Å². The largest absolute Gasteiger partial charge is 0.366 e. The molecule has 1 aromatic carbocycles. The van der Waals surface area contributed by atoms with Gasteiger partial charge in [-0.1, -0.05) is 15.9 Å². The van der Waals surface area contributed by atoms with Gasteiger partial charge in [0.2, 0.25) is 0 Å². The Labute approximate surface area is 91.8 Å². The first-order chi connectivity index (χ1) is 6.06. The van der Waals surface area contributed by atoms with Gasteiger partial charge in [-0.3, -0.25) is 4.79 Å². The van der Waals surface area contributed by atoms with Crippen molar-refractivity contribution in [2.24, 2.45) is 5.73 Å². The van der Waals surface area contributed by atoms with E-state index in [-0.39, 0.29) is 11.1 Å². The van der Waals surface area contributed by atoms with Gasteiger partial charge in [0.1, 0.15) is 6.07 Å². The minimum atomic E-state index is -0.615. The number of rotatable bonds is 1. The molecular formula is C8H4Br2N2O. The smallest absolute Gasteiger partial charge is 0.251 e. The maximum Gasteiger partial charge on any atom is 0.251 e. The first-order valence-corrected chi connectivity index (χ1v) is 4.84. The van der Waals surface area contributed by atoms with E-state index in [4.69, 9.17) is 11.0 Å². The summed E-state index contributed by atoms with van der Waals surface area (Å²) >= 11 is 6.36. The van der Waals surface area contributed by atoms with E-state index in [2.05, 4.69) is 31.9 Å². The maximum absolute atomic E-state index is 10.9. The molecule has 66 valence electrons. The lowest BCUT2D eigenvalue weighted by Crippen LogP contribution is -2.13. The van der Waals surface area contributed by atoms with Crippen molar-refractivity contribution in [1.82, 2.24) is 0 Å². The van der Waals surface area contributed by atoms with Crippen LogP contribution in [0.3, 0.4) is 0 Å². The zero-order chi connectivity index (χ0) is 10.0. The zero-order valence-corrected chi connectivity index (χ0v) is 9.52. The number of carbonyl (C=O) groups excluding carboxylic acids is 1. The number of hydrogen-bond acceptors (Lipinski definition) is 2. The molecule has 0 heterocycles. The van der Waals surface area contributed by atoms with Gasteiger partial charge in [-0.15, -0.1) is 0 Å². The lowest BCUT2D eigenvalue weighted by molar-refractivity contribution is 0.0999. The number of nitrogens with zero attached hydrogens (tertiary/aromatic N) is 1. The van der Waals surface area contributed by atoms with Crippen LogP contribution in [0.15, 0.2) is 21.1 Å². The van der Waals surface area contributed by atoms with Gasteiger partial charge in [-0.25, -0.2) is 0 Å². The quantitative estimate of drug-likeness (QED) is 0.864. The molecule has 2 N–H and O–H groups in total. The van der Waals surface area contributed by atoms with Crippen molar-refractivity contribution in [2.45, 2.75) is 0 Å². The van der Waals surface area contributed by atoms with E-state index in [9.17, 15) is 4.79 Å². The molecule has 0 fully saturated rings. The molecule has 0 saturated heterocycles. The number of halogens is 2. The van der Waals surface area contributed by atoms with Gasteiger partial charge in [0.15, 0.2) is 0 Å². The molecule has 0 atom stereocenters. The number of hydrogen-bond donors (Lipinski definition) is 1. The standard InChI is InChI=1S/C8H4Br2N2O/c9-5-1-4(3-11)7(8(12)13)6(10)2-5/h1-2H,(H2,12,13). The fourth-order valence-electron chi connectivity index (χ4n) is 0.912. The number of amides is 1. The molecule has 5 heteroatoms. The molecule has 0 spiro atoms. The van der Waals surface area contributed by atoms with Crippen LogP contribution in [0.4, 0.5) is 0 Å². The predicted molar refractivity (Wildman–Crippen MR) is 55.1 cm³/mol. The monoisotopic (exact) mass is 302 g/mol. The van der Waals surface area contributed by atoms with Gasteiger partial charge >= 0.3 is 0 Å². The minimum absolute atomic E-state index is 0.214. The summed E-state index contributed by atoms with van der Waals surface area (Å²) < 4.78 is 1.24.